The Bertz CT molecular complexity index is 1330. The van der Waals surface area contributed by atoms with Crippen LogP contribution in [0, 0.1) is 6.92 Å². The number of halogens is 2. The van der Waals surface area contributed by atoms with E-state index in [2.05, 4.69) is 25.4 Å². The van der Waals surface area contributed by atoms with Crippen molar-refractivity contribution in [3.63, 3.8) is 0 Å². The first-order valence-electron chi connectivity index (χ1n) is 9.83. The molecule has 0 fully saturated rings. The fraction of sp³-hybridized carbons (Fsp3) is 0.238. The lowest BCUT2D eigenvalue weighted by molar-refractivity contribution is -0.0499. The van der Waals surface area contributed by atoms with Crippen molar-refractivity contribution in [1.29, 1.82) is 0 Å². The van der Waals surface area contributed by atoms with Gasteiger partial charge in [0.05, 0.1) is 17.8 Å². The van der Waals surface area contributed by atoms with E-state index in [9.17, 15) is 13.6 Å². The molecule has 0 radical (unpaired) electrons. The van der Waals surface area contributed by atoms with Crippen LogP contribution < -0.4 is 15.6 Å². The van der Waals surface area contributed by atoms with Crippen molar-refractivity contribution < 1.29 is 18.3 Å². The highest BCUT2D eigenvalue weighted by atomic mass is 32.2. The van der Waals surface area contributed by atoms with E-state index < -0.39 is 12.2 Å². The average Bonchev–Trinajstić information content (AvgIpc) is 3.12. The summed E-state index contributed by atoms with van der Waals surface area (Å²) < 4.78 is 37.6. The Balaban J connectivity index is 1.79. The molecule has 0 saturated carbocycles. The first kappa shape index (κ1) is 22.7. The monoisotopic (exact) mass is 474 g/mol. The number of fused-ring (bicyclic) bond motifs is 1. The highest BCUT2D eigenvalue weighted by Crippen LogP contribution is 2.33. The van der Waals surface area contributed by atoms with Gasteiger partial charge in [-0.2, -0.15) is 13.9 Å². The number of hydrogen-bond donors (Lipinski definition) is 2. The molecule has 0 aliphatic rings. The second-order valence-electron chi connectivity index (χ2n) is 6.83. The van der Waals surface area contributed by atoms with Gasteiger partial charge < -0.3 is 19.8 Å². The van der Waals surface area contributed by atoms with Crippen LogP contribution in [0.1, 0.15) is 5.69 Å². The molecule has 172 valence electrons. The van der Waals surface area contributed by atoms with Crippen LogP contribution in [-0.4, -0.2) is 50.8 Å². The molecule has 0 saturated heterocycles. The largest absolute Gasteiger partial charge is 0.433 e. The molecule has 0 spiro atoms. The van der Waals surface area contributed by atoms with Gasteiger partial charge >= 0.3 is 6.61 Å². The maximum Gasteiger partial charge on any atom is 0.387 e. The van der Waals surface area contributed by atoms with Crippen LogP contribution >= 0.6 is 11.8 Å². The lowest BCUT2D eigenvalue weighted by atomic mass is 10.2. The predicted octanol–water partition coefficient (Wildman–Crippen LogP) is 3.90. The van der Waals surface area contributed by atoms with E-state index in [0.29, 0.717) is 35.1 Å². The number of anilines is 2. The van der Waals surface area contributed by atoms with Crippen LogP contribution in [0.15, 0.2) is 52.5 Å². The molecule has 33 heavy (non-hydrogen) atoms. The van der Waals surface area contributed by atoms with E-state index in [1.165, 1.54) is 34.9 Å². The Hall–Kier alpha value is -3.51. The second-order valence-corrected chi connectivity index (χ2v) is 7.99. The van der Waals surface area contributed by atoms with Crippen LogP contribution in [0.25, 0.3) is 16.6 Å². The third-order valence-corrected chi connectivity index (χ3v) is 5.59. The first-order valence-corrected chi connectivity index (χ1v) is 10.8. The zero-order chi connectivity index (χ0) is 23.4. The van der Waals surface area contributed by atoms with E-state index >= 15 is 0 Å². The average molecular weight is 474 g/mol. The number of alkyl halides is 2. The van der Waals surface area contributed by atoms with Gasteiger partial charge in [-0.3, -0.25) is 4.79 Å². The Kier molecular flexibility index (Phi) is 6.84. The summed E-state index contributed by atoms with van der Waals surface area (Å²) in [4.78, 5) is 23.6. The van der Waals surface area contributed by atoms with Gasteiger partial charge in [0.1, 0.15) is 11.5 Å². The quantitative estimate of drug-likeness (QED) is 0.278. The van der Waals surface area contributed by atoms with E-state index in [-0.39, 0.29) is 11.6 Å². The minimum absolute atomic E-state index is 0.0158. The summed E-state index contributed by atoms with van der Waals surface area (Å²) in [5, 5.41) is 8.12. The van der Waals surface area contributed by atoms with Crippen molar-refractivity contribution in [2.45, 2.75) is 18.4 Å². The molecule has 3 heterocycles. The number of H-pyrrole nitrogens is 1. The number of ether oxygens (including phenoxy) is 2. The van der Waals surface area contributed by atoms with E-state index in [4.69, 9.17) is 9.47 Å². The van der Waals surface area contributed by atoms with Gasteiger partial charge in [0, 0.05) is 47.8 Å². The van der Waals surface area contributed by atoms with Crippen LogP contribution in [0.5, 0.6) is 5.75 Å². The van der Waals surface area contributed by atoms with Crippen LogP contribution in [-0.2, 0) is 4.74 Å². The molecule has 0 aliphatic carbocycles. The van der Waals surface area contributed by atoms with E-state index in [0.717, 1.165) is 10.3 Å². The molecule has 4 rings (SSSR count). The standard InChI is InChI=1S/C21H20F2N6O3S/c1-12-14-11-26-18(27-19-20(30)25-6-5-24-19)10-15(14)29(28-12)16-9-13(33-8-7-31-2)3-4-17(16)32-21(22)23/h3-6,9-11,21H,7-8H2,1-2H3,(H,25,30)(H,24,26,27). The van der Waals surface area contributed by atoms with Crippen LogP contribution in [0.3, 0.4) is 0 Å². The Morgan fingerprint density at radius 3 is 2.88 bits per heavy atom. The molecule has 1 aromatic carbocycles. The highest BCUT2D eigenvalue weighted by molar-refractivity contribution is 7.99. The Labute approximate surface area is 191 Å². The van der Waals surface area contributed by atoms with Crippen LogP contribution in [0.4, 0.5) is 20.4 Å². The van der Waals surface area contributed by atoms with Crippen molar-refractivity contribution in [1.82, 2.24) is 24.7 Å². The minimum Gasteiger partial charge on any atom is -0.433 e. The Morgan fingerprint density at radius 1 is 1.27 bits per heavy atom. The molecule has 0 bridgehead atoms. The van der Waals surface area contributed by atoms with Gasteiger partial charge in [-0.25, -0.2) is 14.6 Å². The van der Waals surface area contributed by atoms with Crippen molar-refractivity contribution in [3.8, 4) is 11.4 Å². The normalized spacial score (nSPS) is 11.3. The maximum atomic E-state index is 13.1. The lowest BCUT2D eigenvalue weighted by Crippen LogP contribution is -2.13. The number of aromatic amines is 1. The van der Waals surface area contributed by atoms with Crippen molar-refractivity contribution in [2.24, 2.45) is 0 Å². The number of nitrogens with one attached hydrogen (secondary N) is 2. The topological polar surface area (TPSA) is 107 Å². The smallest absolute Gasteiger partial charge is 0.387 e. The fourth-order valence-corrected chi connectivity index (χ4v) is 4.01. The van der Waals surface area contributed by atoms with Crippen molar-refractivity contribution in [2.75, 3.05) is 24.8 Å². The van der Waals surface area contributed by atoms with Gasteiger partial charge in [-0.15, -0.1) is 11.8 Å². The van der Waals surface area contributed by atoms with E-state index in [1.54, 1.807) is 38.4 Å². The lowest BCUT2D eigenvalue weighted by Gasteiger charge is -2.14. The molecular formula is C21H20F2N6O3S. The van der Waals surface area contributed by atoms with Crippen molar-refractivity contribution in [3.05, 3.63) is 58.9 Å². The molecule has 0 aliphatic heterocycles. The van der Waals surface area contributed by atoms with Gasteiger partial charge in [0.15, 0.2) is 11.6 Å². The Morgan fingerprint density at radius 2 is 2.12 bits per heavy atom. The molecule has 0 atom stereocenters. The summed E-state index contributed by atoms with van der Waals surface area (Å²) in [6, 6.07) is 6.61. The number of benzene rings is 1. The molecule has 3 aromatic heterocycles. The summed E-state index contributed by atoms with van der Waals surface area (Å²) >= 11 is 1.52. The molecular weight excluding hydrogens is 454 g/mol. The predicted molar refractivity (Wildman–Crippen MR) is 121 cm³/mol. The minimum atomic E-state index is -2.99. The number of aryl methyl sites for hydroxylation is 1. The first-order chi connectivity index (χ1) is 16.0. The number of aromatic nitrogens is 5. The molecule has 0 amide bonds. The number of methoxy groups -OCH3 is 1. The molecule has 2 N–H and O–H groups in total. The third kappa shape index (κ3) is 5.12. The number of pyridine rings is 1. The number of thioether (sulfide) groups is 1. The van der Waals surface area contributed by atoms with Gasteiger partial charge in [0.2, 0.25) is 0 Å². The molecule has 12 heteroatoms. The molecule has 0 unspecified atom stereocenters. The summed E-state index contributed by atoms with van der Waals surface area (Å²) in [5.74, 6) is 1.10. The molecule has 9 nitrogen and oxygen atoms in total. The van der Waals surface area contributed by atoms with E-state index in [1.807, 2.05) is 0 Å². The number of nitrogens with zero attached hydrogens (tertiary/aromatic N) is 4. The zero-order valence-electron chi connectivity index (χ0n) is 17.7. The summed E-state index contributed by atoms with van der Waals surface area (Å²) in [5.41, 5.74) is 1.19. The van der Waals surface area contributed by atoms with Gasteiger partial charge in [-0.1, -0.05) is 0 Å². The highest BCUT2D eigenvalue weighted by Gasteiger charge is 2.18. The fourth-order valence-electron chi connectivity index (χ4n) is 3.16. The SMILES string of the molecule is COCCSc1ccc(OC(F)F)c(-n2nc(C)c3cnc(Nc4ncc[nH]c4=O)cc32)c1. The van der Waals surface area contributed by atoms with Gasteiger partial charge in [0.25, 0.3) is 5.56 Å². The van der Waals surface area contributed by atoms with Crippen LogP contribution in [0.2, 0.25) is 0 Å². The molecule has 4 aromatic rings. The summed E-state index contributed by atoms with van der Waals surface area (Å²) in [6.45, 7) is -0.651. The number of rotatable bonds is 9. The van der Waals surface area contributed by atoms with Crippen molar-refractivity contribution >= 4 is 34.3 Å². The maximum absolute atomic E-state index is 13.1. The summed E-state index contributed by atoms with van der Waals surface area (Å²) in [6.07, 6.45) is 4.46. The van der Waals surface area contributed by atoms with Gasteiger partial charge in [-0.05, 0) is 25.1 Å². The number of hydrogen-bond acceptors (Lipinski definition) is 8. The zero-order valence-corrected chi connectivity index (χ0v) is 18.5. The third-order valence-electron chi connectivity index (χ3n) is 4.64. The second kappa shape index (κ2) is 9.96. The summed E-state index contributed by atoms with van der Waals surface area (Å²) in [7, 11) is 1.61.